The average molecular weight is 413 g/mol. The minimum atomic E-state index is 0. The van der Waals surface area contributed by atoms with E-state index in [1.165, 1.54) is 0 Å². The lowest BCUT2D eigenvalue weighted by Crippen LogP contribution is -2.32. The third kappa shape index (κ3) is 5.32. The van der Waals surface area contributed by atoms with Gasteiger partial charge in [0, 0.05) is 12.7 Å². The summed E-state index contributed by atoms with van der Waals surface area (Å²) in [4.78, 5) is 4.40. The van der Waals surface area contributed by atoms with E-state index in [9.17, 15) is 0 Å². The third-order valence-electron chi connectivity index (χ3n) is 3.22. The molecule has 0 aliphatic heterocycles. The molecular weight excluding hydrogens is 389 g/mol. The van der Waals surface area contributed by atoms with E-state index in [2.05, 4.69) is 28.4 Å². The van der Waals surface area contributed by atoms with Crippen LogP contribution in [0.3, 0.4) is 0 Å². The zero-order valence-electron chi connectivity index (χ0n) is 13.1. The summed E-state index contributed by atoms with van der Waals surface area (Å²) in [6, 6.07) is 10.1. The molecule has 5 nitrogen and oxygen atoms in total. The molecule has 0 aliphatic rings. The van der Waals surface area contributed by atoms with Gasteiger partial charge in [-0.15, -0.1) is 24.0 Å². The highest BCUT2D eigenvalue weighted by atomic mass is 127. The summed E-state index contributed by atoms with van der Waals surface area (Å²) >= 11 is 0. The van der Waals surface area contributed by atoms with Gasteiger partial charge in [0.1, 0.15) is 0 Å². The van der Waals surface area contributed by atoms with Crippen LogP contribution in [0.25, 0.3) is 5.69 Å². The van der Waals surface area contributed by atoms with Gasteiger partial charge < -0.3 is 11.1 Å². The maximum Gasteiger partial charge on any atom is 0.188 e. The zero-order chi connectivity index (χ0) is 15.1. The van der Waals surface area contributed by atoms with Gasteiger partial charge in [0.25, 0.3) is 0 Å². The van der Waals surface area contributed by atoms with E-state index in [1.807, 2.05) is 42.1 Å². The number of halogens is 1. The Balaban J connectivity index is 0.00000242. The average Bonchev–Trinajstić information content (AvgIpc) is 2.92. The van der Waals surface area contributed by atoms with Crippen LogP contribution in [0.15, 0.2) is 41.5 Å². The lowest BCUT2D eigenvalue weighted by Gasteiger charge is -2.09. The molecule has 0 amide bonds. The van der Waals surface area contributed by atoms with Crippen molar-refractivity contribution in [3.63, 3.8) is 0 Å². The van der Waals surface area contributed by atoms with E-state index >= 15 is 0 Å². The molecule has 6 heteroatoms. The molecule has 1 heterocycles. The molecule has 1 aromatic heterocycles. The van der Waals surface area contributed by atoms with Crippen LogP contribution in [-0.4, -0.2) is 22.3 Å². The SMILES string of the molecule is CCCCNC(N)=NCc1ccccc1-n1ccc(C)n1.I. The van der Waals surface area contributed by atoms with Crippen molar-refractivity contribution in [1.82, 2.24) is 15.1 Å². The molecule has 0 saturated heterocycles. The molecule has 0 radical (unpaired) electrons. The van der Waals surface area contributed by atoms with Crippen molar-refractivity contribution in [3.8, 4) is 5.69 Å². The van der Waals surface area contributed by atoms with Crippen LogP contribution in [0.2, 0.25) is 0 Å². The van der Waals surface area contributed by atoms with E-state index in [1.54, 1.807) is 0 Å². The van der Waals surface area contributed by atoms with Crippen molar-refractivity contribution in [1.29, 1.82) is 0 Å². The Bertz CT molecular complexity index is 606. The van der Waals surface area contributed by atoms with E-state index in [0.29, 0.717) is 12.5 Å². The van der Waals surface area contributed by atoms with Crippen LogP contribution in [0.1, 0.15) is 31.0 Å². The highest BCUT2D eigenvalue weighted by Crippen LogP contribution is 2.15. The number of nitrogens with zero attached hydrogens (tertiary/aromatic N) is 3. The smallest absolute Gasteiger partial charge is 0.188 e. The first-order chi connectivity index (χ1) is 10.2. The van der Waals surface area contributed by atoms with Crippen LogP contribution in [0, 0.1) is 6.92 Å². The quantitative estimate of drug-likeness (QED) is 0.331. The summed E-state index contributed by atoms with van der Waals surface area (Å²) in [5, 5.41) is 7.57. The highest BCUT2D eigenvalue weighted by Gasteiger charge is 2.04. The molecule has 0 unspecified atom stereocenters. The Morgan fingerprint density at radius 3 is 2.77 bits per heavy atom. The molecule has 120 valence electrons. The van der Waals surface area contributed by atoms with Gasteiger partial charge in [-0.3, -0.25) is 0 Å². The van der Waals surface area contributed by atoms with Gasteiger partial charge in [-0.2, -0.15) is 5.10 Å². The van der Waals surface area contributed by atoms with Crippen molar-refractivity contribution in [3.05, 3.63) is 47.8 Å². The molecule has 0 atom stereocenters. The number of nitrogens with one attached hydrogen (secondary N) is 1. The number of benzene rings is 1. The first-order valence-electron chi connectivity index (χ1n) is 7.35. The predicted molar refractivity (Wildman–Crippen MR) is 102 cm³/mol. The zero-order valence-corrected chi connectivity index (χ0v) is 15.5. The summed E-state index contributed by atoms with van der Waals surface area (Å²) in [5.41, 5.74) is 9.00. The summed E-state index contributed by atoms with van der Waals surface area (Å²) in [7, 11) is 0. The molecule has 0 saturated carbocycles. The molecule has 0 bridgehead atoms. The van der Waals surface area contributed by atoms with Crippen molar-refractivity contribution < 1.29 is 0 Å². The highest BCUT2D eigenvalue weighted by molar-refractivity contribution is 14.0. The number of rotatable bonds is 6. The Kier molecular flexibility index (Phi) is 7.94. The van der Waals surface area contributed by atoms with Crippen LogP contribution >= 0.6 is 24.0 Å². The number of para-hydroxylation sites is 1. The number of hydrogen-bond donors (Lipinski definition) is 2. The number of aromatic nitrogens is 2. The molecule has 0 fully saturated rings. The standard InChI is InChI=1S/C16H23N5.HI/c1-3-4-10-18-16(17)19-12-14-7-5-6-8-15(14)21-11-9-13(2)20-21;/h5-9,11H,3-4,10,12H2,1-2H3,(H3,17,18,19);1H. The van der Waals surface area contributed by atoms with Crippen LogP contribution in [0.5, 0.6) is 0 Å². The Morgan fingerprint density at radius 2 is 2.09 bits per heavy atom. The molecule has 3 N–H and O–H groups in total. The number of guanidine groups is 1. The number of nitrogens with two attached hydrogens (primary N) is 1. The van der Waals surface area contributed by atoms with Crippen molar-refractivity contribution in [2.24, 2.45) is 10.7 Å². The van der Waals surface area contributed by atoms with E-state index in [-0.39, 0.29) is 24.0 Å². The number of aliphatic imine (C=N–C) groups is 1. The van der Waals surface area contributed by atoms with Gasteiger partial charge in [0.05, 0.1) is 17.9 Å². The second-order valence-electron chi connectivity index (χ2n) is 5.01. The van der Waals surface area contributed by atoms with E-state index in [4.69, 9.17) is 5.73 Å². The van der Waals surface area contributed by atoms with E-state index in [0.717, 1.165) is 36.3 Å². The maximum absolute atomic E-state index is 5.87. The molecule has 1 aromatic carbocycles. The minimum Gasteiger partial charge on any atom is -0.370 e. The van der Waals surface area contributed by atoms with Crippen molar-refractivity contribution in [2.75, 3.05) is 6.54 Å². The topological polar surface area (TPSA) is 68.2 Å². The second kappa shape index (κ2) is 9.45. The lowest BCUT2D eigenvalue weighted by molar-refractivity contribution is 0.747. The van der Waals surface area contributed by atoms with Gasteiger partial charge in [0.2, 0.25) is 0 Å². The van der Waals surface area contributed by atoms with Crippen molar-refractivity contribution >= 4 is 29.9 Å². The number of hydrogen-bond acceptors (Lipinski definition) is 2. The largest absolute Gasteiger partial charge is 0.370 e. The fraction of sp³-hybridized carbons (Fsp3) is 0.375. The summed E-state index contributed by atoms with van der Waals surface area (Å²) in [6.07, 6.45) is 4.20. The lowest BCUT2D eigenvalue weighted by atomic mass is 10.2. The summed E-state index contributed by atoms with van der Waals surface area (Å²) in [6.45, 7) is 5.54. The molecular formula is C16H24IN5. The van der Waals surface area contributed by atoms with E-state index < -0.39 is 0 Å². The molecule has 2 aromatic rings. The van der Waals surface area contributed by atoms with Crippen molar-refractivity contribution in [2.45, 2.75) is 33.2 Å². The molecule has 22 heavy (non-hydrogen) atoms. The fourth-order valence-electron chi connectivity index (χ4n) is 2.04. The minimum absolute atomic E-state index is 0. The number of unbranched alkanes of at least 4 members (excludes halogenated alkanes) is 1. The third-order valence-corrected chi connectivity index (χ3v) is 3.22. The second-order valence-corrected chi connectivity index (χ2v) is 5.01. The molecule has 2 rings (SSSR count). The van der Waals surface area contributed by atoms with Crippen LogP contribution < -0.4 is 11.1 Å². The van der Waals surface area contributed by atoms with Gasteiger partial charge in [-0.1, -0.05) is 31.5 Å². The van der Waals surface area contributed by atoms with Gasteiger partial charge in [-0.05, 0) is 31.0 Å². The molecule has 0 aliphatic carbocycles. The van der Waals surface area contributed by atoms with Crippen LogP contribution in [0.4, 0.5) is 0 Å². The number of aryl methyl sites for hydroxylation is 1. The van der Waals surface area contributed by atoms with Crippen LogP contribution in [-0.2, 0) is 6.54 Å². The molecule has 0 spiro atoms. The normalized spacial score (nSPS) is 11.1. The van der Waals surface area contributed by atoms with Gasteiger partial charge in [0.15, 0.2) is 5.96 Å². The Morgan fingerprint density at radius 1 is 1.32 bits per heavy atom. The summed E-state index contributed by atoms with van der Waals surface area (Å²) < 4.78 is 1.88. The Labute approximate surface area is 149 Å². The van der Waals surface area contributed by atoms with Gasteiger partial charge >= 0.3 is 0 Å². The Hall–Kier alpha value is -1.57. The van der Waals surface area contributed by atoms with Gasteiger partial charge in [-0.25, -0.2) is 9.67 Å². The monoisotopic (exact) mass is 413 g/mol. The first-order valence-corrected chi connectivity index (χ1v) is 7.35. The predicted octanol–water partition coefficient (Wildman–Crippen LogP) is 3.00. The first kappa shape index (κ1) is 18.5. The summed E-state index contributed by atoms with van der Waals surface area (Å²) in [5.74, 6) is 0.495. The fourth-order valence-corrected chi connectivity index (χ4v) is 2.04. The maximum atomic E-state index is 5.87.